The van der Waals surface area contributed by atoms with Crippen LogP contribution in [0.25, 0.3) is 0 Å². The topological polar surface area (TPSA) is 52.1 Å². The minimum absolute atomic E-state index is 0.332. The maximum absolute atomic E-state index is 5.56. The van der Waals surface area contributed by atoms with Gasteiger partial charge in [-0.05, 0) is 36.1 Å². The Kier molecular flexibility index (Phi) is 7.98. The highest BCUT2D eigenvalue weighted by Gasteiger charge is 2.23. The molecule has 0 saturated carbocycles. The van der Waals surface area contributed by atoms with E-state index in [0.29, 0.717) is 12.6 Å². The maximum Gasteiger partial charge on any atom is 0.191 e. The van der Waals surface area contributed by atoms with E-state index in [2.05, 4.69) is 81.3 Å². The number of hydrogen-bond acceptors (Lipinski definition) is 5. The molecule has 0 aliphatic carbocycles. The summed E-state index contributed by atoms with van der Waals surface area (Å²) in [5, 5.41) is 9.15. The average molecular weight is 440 g/mol. The quantitative estimate of drug-likeness (QED) is 0.376. The molecule has 1 aromatic heterocycles. The predicted octanol–water partition coefficient (Wildman–Crippen LogP) is 3.25. The van der Waals surface area contributed by atoms with Gasteiger partial charge in [-0.1, -0.05) is 30.4 Å². The van der Waals surface area contributed by atoms with Crippen LogP contribution in [-0.4, -0.2) is 63.3 Å². The van der Waals surface area contributed by atoms with Crippen molar-refractivity contribution in [3.63, 3.8) is 0 Å². The largest absolute Gasteiger partial charge is 0.379 e. The molecule has 4 rings (SSSR count). The molecule has 1 aromatic carbocycles. The number of anilines is 1. The second kappa shape index (κ2) is 11.3. The van der Waals surface area contributed by atoms with Crippen molar-refractivity contribution in [2.75, 3.05) is 57.4 Å². The molecular weight excluding hydrogens is 406 g/mol. The normalized spacial score (nSPS) is 18.4. The molecule has 1 fully saturated rings. The predicted molar refractivity (Wildman–Crippen MR) is 130 cm³/mol. The number of thiophene rings is 1. The Bertz CT molecular complexity index is 853. The van der Waals surface area contributed by atoms with E-state index in [0.717, 1.165) is 58.4 Å². The van der Waals surface area contributed by atoms with Crippen LogP contribution in [0.3, 0.4) is 0 Å². The first kappa shape index (κ1) is 21.9. The zero-order valence-corrected chi connectivity index (χ0v) is 19.1. The van der Waals surface area contributed by atoms with Crippen LogP contribution in [0.5, 0.6) is 0 Å². The van der Waals surface area contributed by atoms with Gasteiger partial charge >= 0.3 is 0 Å². The van der Waals surface area contributed by atoms with Crippen LogP contribution in [0.15, 0.2) is 58.9 Å². The lowest BCUT2D eigenvalue weighted by molar-refractivity contribution is 0.0177. The van der Waals surface area contributed by atoms with E-state index in [1.165, 1.54) is 16.1 Å². The van der Waals surface area contributed by atoms with Gasteiger partial charge in [0.05, 0.1) is 25.8 Å². The number of ether oxygens (including phenoxy) is 1. The molecule has 0 amide bonds. The van der Waals surface area contributed by atoms with Crippen molar-refractivity contribution in [2.45, 2.75) is 19.5 Å². The van der Waals surface area contributed by atoms with E-state index in [1.54, 1.807) is 0 Å². The van der Waals surface area contributed by atoms with Gasteiger partial charge in [0, 0.05) is 49.8 Å². The van der Waals surface area contributed by atoms with Gasteiger partial charge < -0.3 is 20.3 Å². The third kappa shape index (κ3) is 6.09. The second-order valence-corrected chi connectivity index (χ2v) is 8.78. The monoisotopic (exact) mass is 439 g/mol. The van der Waals surface area contributed by atoms with E-state index >= 15 is 0 Å². The van der Waals surface area contributed by atoms with Crippen LogP contribution in [0, 0.1) is 0 Å². The van der Waals surface area contributed by atoms with Crippen molar-refractivity contribution < 1.29 is 4.74 Å². The molecule has 2 aliphatic rings. The lowest BCUT2D eigenvalue weighted by Crippen LogP contribution is -2.46. The number of morpholine rings is 1. The summed E-state index contributed by atoms with van der Waals surface area (Å²) in [7, 11) is 0. The molecule has 0 radical (unpaired) electrons. The molecule has 6 nitrogen and oxygen atoms in total. The Hall–Kier alpha value is -2.35. The molecule has 2 aliphatic heterocycles. The highest BCUT2D eigenvalue weighted by molar-refractivity contribution is 7.10. The van der Waals surface area contributed by atoms with Crippen LogP contribution in [0.4, 0.5) is 5.69 Å². The summed E-state index contributed by atoms with van der Waals surface area (Å²) in [6, 6.07) is 13.4. The fraction of sp³-hybridized carbons (Fsp3) is 0.458. The number of nitrogens with zero attached hydrogens (tertiary/aromatic N) is 3. The summed E-state index contributed by atoms with van der Waals surface area (Å²) in [5.41, 5.74) is 2.49. The molecule has 166 valence electrons. The Labute approximate surface area is 189 Å². The number of hydrogen-bond donors (Lipinski definition) is 2. The van der Waals surface area contributed by atoms with Crippen molar-refractivity contribution in [3.05, 3.63) is 64.4 Å². The van der Waals surface area contributed by atoms with Crippen molar-refractivity contribution in [1.82, 2.24) is 15.5 Å². The number of benzene rings is 1. The summed E-state index contributed by atoms with van der Waals surface area (Å²) in [6.07, 6.45) is 4.44. The summed E-state index contributed by atoms with van der Waals surface area (Å²) in [6.45, 7) is 9.95. The second-order valence-electron chi connectivity index (χ2n) is 7.80. The first-order chi connectivity index (χ1) is 15.3. The van der Waals surface area contributed by atoms with Crippen LogP contribution in [-0.2, 0) is 11.3 Å². The van der Waals surface area contributed by atoms with Crippen LogP contribution in [0.2, 0.25) is 0 Å². The molecule has 7 heteroatoms. The van der Waals surface area contributed by atoms with Crippen molar-refractivity contribution in [1.29, 1.82) is 0 Å². The van der Waals surface area contributed by atoms with Gasteiger partial charge in [-0.3, -0.25) is 4.90 Å². The van der Waals surface area contributed by atoms with Crippen molar-refractivity contribution in [3.8, 4) is 0 Å². The van der Waals surface area contributed by atoms with Crippen molar-refractivity contribution >= 4 is 23.0 Å². The van der Waals surface area contributed by atoms with E-state index in [1.807, 2.05) is 11.3 Å². The lowest BCUT2D eigenvalue weighted by Gasteiger charge is -2.34. The third-order valence-corrected chi connectivity index (χ3v) is 6.65. The number of nitrogens with one attached hydrogen (secondary N) is 2. The van der Waals surface area contributed by atoms with E-state index in [-0.39, 0.29) is 0 Å². The highest BCUT2D eigenvalue weighted by atomic mass is 32.1. The molecule has 2 N–H and O–H groups in total. The van der Waals surface area contributed by atoms with Crippen LogP contribution in [0.1, 0.15) is 23.4 Å². The molecule has 31 heavy (non-hydrogen) atoms. The lowest BCUT2D eigenvalue weighted by atomic mass is 10.2. The molecule has 1 saturated heterocycles. The van der Waals surface area contributed by atoms with Crippen LogP contribution < -0.4 is 15.5 Å². The zero-order chi connectivity index (χ0) is 21.3. The maximum atomic E-state index is 5.56. The van der Waals surface area contributed by atoms with Crippen molar-refractivity contribution in [2.24, 2.45) is 4.99 Å². The van der Waals surface area contributed by atoms with Gasteiger partial charge in [0.1, 0.15) is 0 Å². The first-order valence-corrected chi connectivity index (χ1v) is 12.1. The third-order valence-electron chi connectivity index (χ3n) is 5.68. The molecular formula is C24H33N5OS. The summed E-state index contributed by atoms with van der Waals surface area (Å²) in [5.74, 6) is 0.866. The molecule has 3 heterocycles. The van der Waals surface area contributed by atoms with Gasteiger partial charge in [-0.25, -0.2) is 4.99 Å². The Morgan fingerprint density at radius 2 is 1.97 bits per heavy atom. The van der Waals surface area contributed by atoms with E-state index in [9.17, 15) is 0 Å². The molecule has 2 aromatic rings. The van der Waals surface area contributed by atoms with Gasteiger partial charge in [0.2, 0.25) is 0 Å². The first-order valence-electron chi connectivity index (χ1n) is 11.2. The minimum atomic E-state index is 0.332. The fourth-order valence-corrected chi connectivity index (χ4v) is 4.89. The SMILES string of the molecule is CCNC(=NCc1cccc(N2CC=CC2)c1)NCC(c1cccs1)N1CCOCC1. The fourth-order valence-electron chi connectivity index (χ4n) is 4.03. The summed E-state index contributed by atoms with van der Waals surface area (Å²) < 4.78 is 5.56. The molecule has 1 atom stereocenters. The Morgan fingerprint density at radius 1 is 1.13 bits per heavy atom. The standard InChI is InChI=1S/C24H33N5OS/c1-2-25-24(26-18-20-7-5-8-21(17-20)28-10-3-4-11-28)27-19-22(23-9-6-16-31-23)29-12-14-30-15-13-29/h3-9,16-17,22H,2,10-15,18-19H2,1H3,(H2,25,26,27). The van der Waals surface area contributed by atoms with Gasteiger partial charge in [0.15, 0.2) is 5.96 Å². The van der Waals surface area contributed by atoms with E-state index < -0.39 is 0 Å². The Morgan fingerprint density at radius 3 is 2.71 bits per heavy atom. The van der Waals surface area contributed by atoms with Crippen LogP contribution >= 0.6 is 11.3 Å². The molecule has 0 bridgehead atoms. The number of rotatable bonds is 8. The van der Waals surface area contributed by atoms with E-state index in [4.69, 9.17) is 9.73 Å². The number of guanidine groups is 1. The van der Waals surface area contributed by atoms with Gasteiger partial charge in [0.25, 0.3) is 0 Å². The summed E-state index contributed by atoms with van der Waals surface area (Å²) >= 11 is 1.82. The molecule has 0 spiro atoms. The smallest absolute Gasteiger partial charge is 0.191 e. The molecule has 1 unspecified atom stereocenters. The minimum Gasteiger partial charge on any atom is -0.379 e. The van der Waals surface area contributed by atoms with Gasteiger partial charge in [-0.2, -0.15) is 0 Å². The number of aliphatic imine (C=N–C) groups is 1. The van der Waals surface area contributed by atoms with Gasteiger partial charge in [-0.15, -0.1) is 11.3 Å². The zero-order valence-electron chi connectivity index (χ0n) is 18.3. The highest BCUT2D eigenvalue weighted by Crippen LogP contribution is 2.25. The summed E-state index contributed by atoms with van der Waals surface area (Å²) in [4.78, 5) is 11.1. The average Bonchev–Trinajstić information content (AvgIpc) is 3.53. The Balaban J connectivity index is 1.40.